The first-order valence-electron chi connectivity index (χ1n) is 5.89. The Morgan fingerprint density at radius 3 is 2.53 bits per heavy atom. The molecule has 0 radical (unpaired) electrons. The first-order chi connectivity index (χ1) is 9.35. The molecule has 1 aromatic heterocycles. The lowest BCUT2D eigenvalue weighted by Gasteiger charge is -1.92. The van der Waals surface area contributed by atoms with Crippen molar-refractivity contribution in [2.75, 3.05) is 0 Å². The summed E-state index contributed by atoms with van der Waals surface area (Å²) < 4.78 is 1.20. The maximum absolute atomic E-state index is 8.74. The summed E-state index contributed by atoms with van der Waals surface area (Å²) in [5, 5.41) is 9.73. The molecule has 1 heterocycles. The van der Waals surface area contributed by atoms with Gasteiger partial charge < -0.3 is 0 Å². The summed E-state index contributed by atoms with van der Waals surface area (Å²) >= 11 is 1.67. The van der Waals surface area contributed by atoms with E-state index >= 15 is 0 Å². The van der Waals surface area contributed by atoms with E-state index in [9.17, 15) is 0 Å². The predicted molar refractivity (Wildman–Crippen MR) is 79.7 cm³/mol. The second kappa shape index (κ2) is 5.05. The number of nitriles is 1. The number of rotatable bonds is 2. The van der Waals surface area contributed by atoms with Crippen LogP contribution in [-0.4, -0.2) is 4.98 Å². The third-order valence-electron chi connectivity index (χ3n) is 2.77. The van der Waals surface area contributed by atoms with Gasteiger partial charge in [-0.3, -0.25) is 0 Å². The van der Waals surface area contributed by atoms with Gasteiger partial charge >= 0.3 is 0 Å². The quantitative estimate of drug-likeness (QED) is 0.689. The predicted octanol–water partition coefficient (Wildman–Crippen LogP) is 4.34. The molecular formula is C16H10N2S. The first kappa shape index (κ1) is 11.6. The van der Waals surface area contributed by atoms with Crippen LogP contribution in [0.1, 0.15) is 16.1 Å². The maximum atomic E-state index is 8.74. The Labute approximate surface area is 115 Å². The zero-order valence-electron chi connectivity index (χ0n) is 10.1. The molecule has 0 spiro atoms. The fourth-order valence-corrected chi connectivity index (χ4v) is 2.67. The minimum absolute atomic E-state index is 0.678. The number of nitrogens with zero attached hydrogens (tertiary/aromatic N) is 2. The van der Waals surface area contributed by atoms with Crippen LogP contribution in [-0.2, 0) is 0 Å². The van der Waals surface area contributed by atoms with Crippen molar-refractivity contribution in [1.29, 1.82) is 5.26 Å². The summed E-state index contributed by atoms with van der Waals surface area (Å²) in [5.41, 5.74) is 2.78. The van der Waals surface area contributed by atoms with Gasteiger partial charge in [0.25, 0.3) is 0 Å². The molecule has 3 heteroatoms. The second-order valence-corrected chi connectivity index (χ2v) is 5.15. The van der Waals surface area contributed by atoms with Crippen LogP contribution < -0.4 is 0 Å². The molecular weight excluding hydrogens is 252 g/mol. The van der Waals surface area contributed by atoms with Crippen molar-refractivity contribution in [2.24, 2.45) is 0 Å². The molecule has 19 heavy (non-hydrogen) atoms. The van der Waals surface area contributed by atoms with Crippen molar-refractivity contribution >= 4 is 33.7 Å². The van der Waals surface area contributed by atoms with Gasteiger partial charge in [0.15, 0.2) is 0 Å². The Bertz CT molecular complexity index is 743. The van der Waals surface area contributed by atoms with Crippen LogP contribution in [0.3, 0.4) is 0 Å². The number of fused-ring (bicyclic) bond motifs is 1. The van der Waals surface area contributed by atoms with Gasteiger partial charge in [0.2, 0.25) is 0 Å². The van der Waals surface area contributed by atoms with E-state index in [1.165, 1.54) is 4.70 Å². The molecule has 0 aliphatic carbocycles. The van der Waals surface area contributed by atoms with E-state index in [4.69, 9.17) is 5.26 Å². The molecule has 0 aliphatic rings. The molecule has 0 aliphatic heterocycles. The molecule has 3 aromatic rings. The topological polar surface area (TPSA) is 36.7 Å². The largest absolute Gasteiger partial charge is 0.237 e. The average Bonchev–Trinajstić information content (AvgIpc) is 2.88. The van der Waals surface area contributed by atoms with Gasteiger partial charge in [-0.25, -0.2) is 4.98 Å². The zero-order valence-corrected chi connectivity index (χ0v) is 10.9. The minimum atomic E-state index is 0.678. The Balaban J connectivity index is 1.87. The summed E-state index contributed by atoms with van der Waals surface area (Å²) in [4.78, 5) is 4.54. The molecule has 0 atom stereocenters. The summed E-state index contributed by atoms with van der Waals surface area (Å²) in [6.45, 7) is 0. The maximum Gasteiger partial charge on any atom is 0.117 e. The molecule has 0 unspecified atom stereocenters. The van der Waals surface area contributed by atoms with Gasteiger partial charge in [0.05, 0.1) is 21.8 Å². The third kappa shape index (κ3) is 2.54. The highest BCUT2D eigenvalue weighted by Crippen LogP contribution is 2.23. The first-order valence-corrected chi connectivity index (χ1v) is 6.70. The zero-order chi connectivity index (χ0) is 13.1. The number of aromatic nitrogens is 1. The summed E-state index contributed by atoms with van der Waals surface area (Å²) in [5.74, 6) is 0. The molecule has 0 N–H and O–H groups in total. The highest BCUT2D eigenvalue weighted by Gasteiger charge is 1.99. The Morgan fingerprint density at radius 1 is 1.00 bits per heavy atom. The molecule has 3 rings (SSSR count). The van der Waals surface area contributed by atoms with Gasteiger partial charge in [0.1, 0.15) is 5.01 Å². The van der Waals surface area contributed by atoms with E-state index in [0.29, 0.717) is 5.56 Å². The van der Waals surface area contributed by atoms with Crippen LogP contribution in [0.5, 0.6) is 0 Å². The molecule has 0 bridgehead atoms. The van der Waals surface area contributed by atoms with E-state index in [1.807, 2.05) is 54.6 Å². The standard InChI is InChI=1S/C16H10N2S/c17-11-13-7-5-12(6-8-13)9-10-16-18-14-3-1-2-4-15(14)19-16/h1-10H/b10-9+. The van der Waals surface area contributed by atoms with Crippen LogP contribution in [0.2, 0.25) is 0 Å². The van der Waals surface area contributed by atoms with Crippen LogP contribution in [0.15, 0.2) is 48.5 Å². The molecule has 90 valence electrons. The smallest absolute Gasteiger partial charge is 0.117 e. The monoisotopic (exact) mass is 262 g/mol. The fourth-order valence-electron chi connectivity index (χ4n) is 1.80. The van der Waals surface area contributed by atoms with Crippen LogP contribution in [0.25, 0.3) is 22.4 Å². The molecule has 0 saturated carbocycles. The fraction of sp³-hybridized carbons (Fsp3) is 0. The summed E-state index contributed by atoms with van der Waals surface area (Å²) in [6, 6.07) is 17.7. The van der Waals surface area contributed by atoms with Crippen LogP contribution in [0.4, 0.5) is 0 Å². The number of hydrogen-bond acceptors (Lipinski definition) is 3. The Morgan fingerprint density at radius 2 is 1.79 bits per heavy atom. The van der Waals surface area contributed by atoms with Gasteiger partial charge in [0, 0.05) is 0 Å². The highest BCUT2D eigenvalue weighted by molar-refractivity contribution is 7.19. The third-order valence-corrected chi connectivity index (χ3v) is 3.77. The van der Waals surface area contributed by atoms with E-state index < -0.39 is 0 Å². The van der Waals surface area contributed by atoms with Crippen molar-refractivity contribution in [2.45, 2.75) is 0 Å². The second-order valence-electron chi connectivity index (χ2n) is 4.09. The van der Waals surface area contributed by atoms with Gasteiger partial charge in [-0.05, 0) is 35.9 Å². The van der Waals surface area contributed by atoms with Crippen molar-refractivity contribution in [3.63, 3.8) is 0 Å². The summed E-state index contributed by atoms with van der Waals surface area (Å²) in [6.07, 6.45) is 4.02. The van der Waals surface area contributed by atoms with E-state index in [1.54, 1.807) is 11.3 Å². The molecule has 2 nitrogen and oxygen atoms in total. The lowest BCUT2D eigenvalue weighted by molar-refractivity contribution is 1.46. The lowest BCUT2D eigenvalue weighted by Crippen LogP contribution is -1.75. The normalized spacial score (nSPS) is 10.9. The van der Waals surface area contributed by atoms with Gasteiger partial charge in [-0.2, -0.15) is 5.26 Å². The minimum Gasteiger partial charge on any atom is -0.237 e. The van der Waals surface area contributed by atoms with E-state index in [2.05, 4.69) is 17.1 Å². The number of hydrogen-bond donors (Lipinski definition) is 0. The molecule has 2 aromatic carbocycles. The van der Waals surface area contributed by atoms with Crippen LogP contribution >= 0.6 is 11.3 Å². The number of benzene rings is 2. The SMILES string of the molecule is N#Cc1ccc(/C=C/c2nc3ccccc3s2)cc1. The lowest BCUT2D eigenvalue weighted by atomic mass is 10.1. The van der Waals surface area contributed by atoms with Crippen molar-refractivity contribution < 1.29 is 0 Å². The summed E-state index contributed by atoms with van der Waals surface area (Å²) in [7, 11) is 0. The average molecular weight is 262 g/mol. The van der Waals surface area contributed by atoms with Crippen LogP contribution in [0, 0.1) is 11.3 Å². The van der Waals surface area contributed by atoms with Crippen molar-refractivity contribution in [1.82, 2.24) is 4.98 Å². The highest BCUT2D eigenvalue weighted by atomic mass is 32.1. The molecule has 0 saturated heterocycles. The van der Waals surface area contributed by atoms with Crippen molar-refractivity contribution in [3.05, 3.63) is 64.7 Å². The Hall–Kier alpha value is -2.44. The van der Waals surface area contributed by atoms with Gasteiger partial charge in [-0.15, -0.1) is 11.3 Å². The van der Waals surface area contributed by atoms with E-state index in [0.717, 1.165) is 16.1 Å². The number of para-hydroxylation sites is 1. The van der Waals surface area contributed by atoms with Gasteiger partial charge in [-0.1, -0.05) is 30.3 Å². The number of thiazole rings is 1. The van der Waals surface area contributed by atoms with Crippen molar-refractivity contribution in [3.8, 4) is 6.07 Å². The Kier molecular flexibility index (Phi) is 3.09. The van der Waals surface area contributed by atoms with E-state index in [-0.39, 0.29) is 0 Å². The molecule has 0 fully saturated rings. The molecule has 0 amide bonds.